The van der Waals surface area contributed by atoms with Gasteiger partial charge in [0.2, 0.25) is 5.91 Å². The van der Waals surface area contributed by atoms with E-state index < -0.39 is 23.3 Å². The number of amides is 1. The maximum absolute atomic E-state index is 13.8. The molecule has 0 saturated carbocycles. The number of carbonyl (C=O) groups is 1. The van der Waals surface area contributed by atoms with Crippen LogP contribution in [-0.2, 0) is 9.53 Å². The van der Waals surface area contributed by atoms with E-state index in [9.17, 15) is 13.6 Å². The molecular formula is C16H21F2NO3. The molecular weight excluding hydrogens is 292 g/mol. The fourth-order valence-electron chi connectivity index (χ4n) is 1.97. The van der Waals surface area contributed by atoms with E-state index in [1.165, 1.54) is 0 Å². The quantitative estimate of drug-likeness (QED) is 0.922. The number of halogens is 2. The van der Waals surface area contributed by atoms with Gasteiger partial charge in [-0.25, -0.2) is 8.78 Å². The van der Waals surface area contributed by atoms with Crippen LogP contribution in [0, 0.1) is 17.0 Å². The summed E-state index contributed by atoms with van der Waals surface area (Å²) in [5.74, 6) is -2.15. The van der Waals surface area contributed by atoms with Gasteiger partial charge in [0.25, 0.3) is 0 Å². The number of hydrogen-bond donors (Lipinski definition) is 1. The van der Waals surface area contributed by atoms with Gasteiger partial charge < -0.3 is 14.8 Å². The summed E-state index contributed by atoms with van der Waals surface area (Å²) in [6.45, 7) is 5.67. The van der Waals surface area contributed by atoms with Crippen LogP contribution in [0.2, 0.25) is 0 Å². The topological polar surface area (TPSA) is 47.6 Å². The Kier molecular flexibility index (Phi) is 5.01. The van der Waals surface area contributed by atoms with Crippen molar-refractivity contribution in [2.24, 2.45) is 5.41 Å². The first-order valence-electron chi connectivity index (χ1n) is 7.36. The Hall–Kier alpha value is -1.69. The first-order valence-corrected chi connectivity index (χ1v) is 7.36. The largest absolute Gasteiger partial charge is 0.462 e. The summed E-state index contributed by atoms with van der Waals surface area (Å²) >= 11 is 0. The molecule has 0 aliphatic carbocycles. The van der Waals surface area contributed by atoms with Crippen molar-refractivity contribution < 1.29 is 23.0 Å². The Bertz CT molecular complexity index is 549. The lowest BCUT2D eigenvalue weighted by Crippen LogP contribution is -2.28. The van der Waals surface area contributed by atoms with Gasteiger partial charge in [-0.15, -0.1) is 0 Å². The van der Waals surface area contributed by atoms with E-state index in [1.54, 1.807) is 20.8 Å². The van der Waals surface area contributed by atoms with Crippen LogP contribution in [0.3, 0.4) is 0 Å². The third-order valence-corrected chi connectivity index (χ3v) is 3.35. The fraction of sp³-hybridized carbons (Fsp3) is 0.562. The van der Waals surface area contributed by atoms with Gasteiger partial charge in [-0.05, 0) is 12.8 Å². The molecule has 1 fully saturated rings. The summed E-state index contributed by atoms with van der Waals surface area (Å²) in [5, 5.41) is 2.45. The summed E-state index contributed by atoms with van der Waals surface area (Å²) in [4.78, 5) is 11.9. The standard InChI is InChI=1S/C16H21F2NO3/c1-16(2,3)15(20)19-12-9-13(11(18)8-10(12)17)22-14-6-4-5-7-21-14/h8-9,14H,4-7H2,1-3H3,(H,19,20)/t14-/m1/s1. The van der Waals surface area contributed by atoms with Gasteiger partial charge in [0, 0.05) is 24.0 Å². The number of hydrogen-bond acceptors (Lipinski definition) is 3. The number of benzene rings is 1. The second-order valence-corrected chi connectivity index (χ2v) is 6.38. The Balaban J connectivity index is 2.17. The Morgan fingerprint density at radius 3 is 2.59 bits per heavy atom. The Morgan fingerprint density at radius 2 is 2.00 bits per heavy atom. The van der Waals surface area contributed by atoms with Gasteiger partial charge in [0.15, 0.2) is 17.9 Å². The van der Waals surface area contributed by atoms with Gasteiger partial charge in [-0.3, -0.25) is 4.79 Å². The number of carbonyl (C=O) groups excluding carboxylic acids is 1. The van der Waals surface area contributed by atoms with Crippen LogP contribution < -0.4 is 10.1 Å². The van der Waals surface area contributed by atoms with Crippen molar-refractivity contribution >= 4 is 11.6 Å². The zero-order valence-electron chi connectivity index (χ0n) is 13.0. The highest BCUT2D eigenvalue weighted by Gasteiger charge is 2.24. The lowest BCUT2D eigenvalue weighted by Gasteiger charge is -2.24. The summed E-state index contributed by atoms with van der Waals surface area (Å²) in [6.07, 6.45) is 1.99. The molecule has 1 N–H and O–H groups in total. The second-order valence-electron chi connectivity index (χ2n) is 6.38. The van der Waals surface area contributed by atoms with E-state index in [4.69, 9.17) is 9.47 Å². The van der Waals surface area contributed by atoms with Crippen molar-refractivity contribution in [3.05, 3.63) is 23.8 Å². The molecule has 1 aliphatic rings. The van der Waals surface area contributed by atoms with Gasteiger partial charge in [0.1, 0.15) is 5.82 Å². The molecule has 2 rings (SSSR count). The van der Waals surface area contributed by atoms with Crippen LogP contribution in [0.25, 0.3) is 0 Å². The average molecular weight is 313 g/mol. The highest BCUT2D eigenvalue weighted by molar-refractivity contribution is 5.94. The Labute approximate surface area is 128 Å². The van der Waals surface area contributed by atoms with Crippen LogP contribution in [-0.4, -0.2) is 18.8 Å². The van der Waals surface area contributed by atoms with Crippen LogP contribution in [0.15, 0.2) is 12.1 Å². The molecule has 4 nitrogen and oxygen atoms in total. The highest BCUT2D eigenvalue weighted by Crippen LogP contribution is 2.29. The van der Waals surface area contributed by atoms with E-state index in [0.29, 0.717) is 19.1 Å². The van der Waals surface area contributed by atoms with Crippen LogP contribution in [0.5, 0.6) is 5.75 Å². The molecule has 22 heavy (non-hydrogen) atoms. The van der Waals surface area contributed by atoms with E-state index >= 15 is 0 Å². The smallest absolute Gasteiger partial charge is 0.229 e. The average Bonchev–Trinajstić information content (AvgIpc) is 2.44. The molecule has 122 valence electrons. The zero-order valence-corrected chi connectivity index (χ0v) is 13.0. The van der Waals surface area contributed by atoms with Crippen LogP contribution in [0.1, 0.15) is 40.0 Å². The molecule has 0 radical (unpaired) electrons. The van der Waals surface area contributed by atoms with E-state index in [-0.39, 0.29) is 17.3 Å². The molecule has 0 spiro atoms. The third-order valence-electron chi connectivity index (χ3n) is 3.35. The zero-order chi connectivity index (χ0) is 16.3. The molecule has 0 bridgehead atoms. The molecule has 1 aromatic carbocycles. The highest BCUT2D eigenvalue weighted by atomic mass is 19.1. The minimum Gasteiger partial charge on any atom is -0.462 e. The van der Waals surface area contributed by atoms with Crippen LogP contribution >= 0.6 is 0 Å². The minimum atomic E-state index is -0.841. The van der Waals surface area contributed by atoms with Gasteiger partial charge in [0.05, 0.1) is 12.3 Å². The third kappa shape index (κ3) is 4.16. The SMILES string of the molecule is CC(C)(C)C(=O)Nc1cc(O[C@@H]2CCCCO2)c(F)cc1F. The van der Waals surface area contributed by atoms with Crippen molar-refractivity contribution in [3.63, 3.8) is 0 Å². The van der Waals surface area contributed by atoms with Crippen LogP contribution in [0.4, 0.5) is 14.5 Å². The first kappa shape index (κ1) is 16.7. The van der Waals surface area contributed by atoms with Gasteiger partial charge in [-0.1, -0.05) is 20.8 Å². The molecule has 6 heteroatoms. The monoisotopic (exact) mass is 313 g/mol. The normalized spacial score (nSPS) is 18.9. The molecule has 1 heterocycles. The van der Waals surface area contributed by atoms with Crippen molar-refractivity contribution in [2.75, 3.05) is 11.9 Å². The van der Waals surface area contributed by atoms with Crippen molar-refractivity contribution in [1.82, 2.24) is 0 Å². The maximum Gasteiger partial charge on any atom is 0.229 e. The lowest BCUT2D eigenvalue weighted by molar-refractivity contribution is -0.123. The summed E-state index contributed by atoms with van der Waals surface area (Å²) in [5.41, 5.74) is -0.791. The number of ether oxygens (including phenoxy) is 2. The second kappa shape index (κ2) is 6.60. The Morgan fingerprint density at radius 1 is 1.27 bits per heavy atom. The fourth-order valence-corrected chi connectivity index (χ4v) is 1.97. The molecule has 1 aliphatic heterocycles. The van der Waals surface area contributed by atoms with E-state index in [2.05, 4.69) is 5.32 Å². The first-order chi connectivity index (χ1) is 10.3. The number of anilines is 1. The lowest BCUT2D eigenvalue weighted by atomic mass is 9.95. The molecule has 0 aromatic heterocycles. The molecule has 1 amide bonds. The van der Waals surface area contributed by atoms with E-state index in [1.807, 2.05) is 0 Å². The number of nitrogens with one attached hydrogen (secondary N) is 1. The number of rotatable bonds is 3. The van der Waals surface area contributed by atoms with Crippen molar-refractivity contribution in [2.45, 2.75) is 46.3 Å². The van der Waals surface area contributed by atoms with Gasteiger partial charge >= 0.3 is 0 Å². The summed E-state index contributed by atoms with van der Waals surface area (Å²) in [7, 11) is 0. The van der Waals surface area contributed by atoms with Crippen molar-refractivity contribution in [1.29, 1.82) is 0 Å². The predicted octanol–water partition coefficient (Wildman–Crippen LogP) is 3.85. The van der Waals surface area contributed by atoms with Gasteiger partial charge in [-0.2, -0.15) is 0 Å². The maximum atomic E-state index is 13.8. The molecule has 1 aromatic rings. The summed E-state index contributed by atoms with van der Waals surface area (Å²) in [6, 6.07) is 1.86. The predicted molar refractivity (Wildman–Crippen MR) is 78.7 cm³/mol. The molecule has 1 atom stereocenters. The van der Waals surface area contributed by atoms with Crippen molar-refractivity contribution in [3.8, 4) is 5.75 Å². The molecule has 0 unspecified atom stereocenters. The summed E-state index contributed by atoms with van der Waals surface area (Å²) < 4.78 is 38.4. The minimum absolute atomic E-state index is 0.105. The molecule has 1 saturated heterocycles. The van der Waals surface area contributed by atoms with E-state index in [0.717, 1.165) is 18.9 Å².